The molecule has 1 aliphatic heterocycles. The summed E-state index contributed by atoms with van der Waals surface area (Å²) < 4.78 is 0. The summed E-state index contributed by atoms with van der Waals surface area (Å²) in [5.74, 6) is 0. The molecule has 0 unspecified atom stereocenters. The van der Waals surface area contributed by atoms with E-state index in [4.69, 9.17) is 5.73 Å². The number of rotatable bonds is 2. The summed E-state index contributed by atoms with van der Waals surface area (Å²) in [4.78, 5) is 3.11. The first-order valence-corrected chi connectivity index (χ1v) is 4.89. The molecule has 4 nitrogen and oxygen atoms in total. The number of nitrogens with zero attached hydrogens (tertiary/aromatic N) is 2. The maximum absolute atomic E-state index is 5.57. The van der Waals surface area contributed by atoms with Crippen molar-refractivity contribution >= 4 is 17.6 Å². The lowest BCUT2D eigenvalue weighted by Crippen LogP contribution is -2.70. The van der Waals surface area contributed by atoms with E-state index in [-0.39, 0.29) is 0 Å². The van der Waals surface area contributed by atoms with Crippen LogP contribution in [0.3, 0.4) is 0 Å². The van der Waals surface area contributed by atoms with Crippen molar-refractivity contribution in [1.29, 1.82) is 0 Å². The molecule has 2 rings (SSSR count). The van der Waals surface area contributed by atoms with Crippen LogP contribution in [0.15, 0.2) is 46.3 Å². The minimum absolute atomic E-state index is 0.735. The first kappa shape index (κ1) is 9.58. The predicted octanol–water partition coefficient (Wildman–Crippen LogP) is 0.791. The van der Waals surface area contributed by atoms with Crippen molar-refractivity contribution in [2.75, 3.05) is 12.3 Å². The second-order valence-electron chi connectivity index (χ2n) is 3.31. The van der Waals surface area contributed by atoms with E-state index < -0.39 is 0 Å². The summed E-state index contributed by atoms with van der Waals surface area (Å²) in [6.07, 6.45) is 4.91. The van der Waals surface area contributed by atoms with E-state index in [9.17, 15) is 0 Å². The molecule has 1 aliphatic rings. The number of benzene rings is 1. The zero-order valence-corrected chi connectivity index (χ0v) is 8.35. The lowest BCUT2D eigenvalue weighted by Gasteiger charge is -1.95. The van der Waals surface area contributed by atoms with E-state index in [0.717, 1.165) is 30.0 Å². The molecular weight excluding hydrogens is 188 g/mol. The van der Waals surface area contributed by atoms with Gasteiger partial charge in [-0.15, -0.1) is 5.11 Å². The second-order valence-corrected chi connectivity index (χ2v) is 3.31. The fraction of sp³-hybridized carbons (Fsp3) is 0.182. The molecule has 0 radical (unpaired) electrons. The number of nitrogen functional groups attached to an aromatic ring is 1. The van der Waals surface area contributed by atoms with Gasteiger partial charge in [-0.1, -0.05) is 0 Å². The highest BCUT2D eigenvalue weighted by Gasteiger charge is 2.00. The highest BCUT2D eigenvalue weighted by molar-refractivity contribution is 5.73. The Morgan fingerprint density at radius 2 is 1.93 bits per heavy atom. The first-order valence-electron chi connectivity index (χ1n) is 4.89. The molecule has 0 saturated heterocycles. The van der Waals surface area contributed by atoms with Gasteiger partial charge in [0, 0.05) is 12.1 Å². The molecular formula is C11H13N4+. The summed E-state index contributed by atoms with van der Waals surface area (Å²) >= 11 is 0. The Hall–Kier alpha value is -1.97. The van der Waals surface area contributed by atoms with Crippen molar-refractivity contribution < 1.29 is 4.99 Å². The Kier molecular flexibility index (Phi) is 2.88. The van der Waals surface area contributed by atoms with E-state index in [0.29, 0.717) is 0 Å². The molecule has 0 atom stereocenters. The zero-order chi connectivity index (χ0) is 10.5. The Bertz CT molecular complexity index is 415. The van der Waals surface area contributed by atoms with E-state index in [1.54, 1.807) is 0 Å². The van der Waals surface area contributed by atoms with Crippen LogP contribution in [0.4, 0.5) is 11.4 Å². The molecule has 3 N–H and O–H groups in total. The quantitative estimate of drug-likeness (QED) is 0.539. The highest BCUT2D eigenvalue weighted by atomic mass is 15.1. The number of nitrogens with one attached hydrogen (secondary N) is 1. The molecule has 0 bridgehead atoms. The Morgan fingerprint density at radius 3 is 2.60 bits per heavy atom. The number of nitrogens with two attached hydrogens (primary N) is 1. The molecule has 0 fully saturated rings. The SMILES string of the molecule is Nc1ccc(N=NC2=CCC[NH+]=C2)cc1. The number of allylic oxidation sites excluding steroid dienone is 1. The molecule has 0 saturated carbocycles. The molecule has 76 valence electrons. The second kappa shape index (κ2) is 4.50. The van der Waals surface area contributed by atoms with Gasteiger partial charge >= 0.3 is 0 Å². The van der Waals surface area contributed by atoms with E-state index in [1.807, 2.05) is 30.5 Å². The summed E-state index contributed by atoms with van der Waals surface area (Å²) in [5.41, 5.74) is 7.98. The Balaban J connectivity index is 2.08. The van der Waals surface area contributed by atoms with Gasteiger partial charge in [-0.25, -0.2) is 4.99 Å². The summed E-state index contributed by atoms with van der Waals surface area (Å²) in [6.45, 7) is 0.973. The average molecular weight is 201 g/mol. The van der Waals surface area contributed by atoms with E-state index >= 15 is 0 Å². The maximum atomic E-state index is 5.57. The minimum atomic E-state index is 0.735. The number of hydrogen-bond acceptors (Lipinski definition) is 3. The van der Waals surface area contributed by atoms with Crippen LogP contribution >= 0.6 is 0 Å². The van der Waals surface area contributed by atoms with Gasteiger partial charge in [0.15, 0.2) is 6.21 Å². The summed E-state index contributed by atoms with van der Waals surface area (Å²) in [5, 5.41) is 8.21. The van der Waals surface area contributed by atoms with Crippen molar-refractivity contribution in [3.8, 4) is 0 Å². The lowest BCUT2D eigenvalue weighted by atomic mass is 10.3. The van der Waals surface area contributed by atoms with Crippen LogP contribution in [0.1, 0.15) is 6.42 Å². The van der Waals surface area contributed by atoms with Gasteiger partial charge in [0.2, 0.25) is 0 Å². The number of azo groups is 1. The van der Waals surface area contributed by atoms with Crippen molar-refractivity contribution in [1.82, 2.24) is 0 Å². The largest absolute Gasteiger partial charge is 0.399 e. The van der Waals surface area contributed by atoms with Crippen LogP contribution in [-0.4, -0.2) is 12.8 Å². The molecule has 0 amide bonds. The van der Waals surface area contributed by atoms with Crippen molar-refractivity contribution in [2.45, 2.75) is 6.42 Å². The average Bonchev–Trinajstić information content (AvgIpc) is 2.30. The van der Waals surface area contributed by atoms with Gasteiger partial charge in [0.05, 0.1) is 5.69 Å². The fourth-order valence-corrected chi connectivity index (χ4v) is 1.27. The van der Waals surface area contributed by atoms with Crippen molar-refractivity contribution in [2.24, 2.45) is 10.2 Å². The van der Waals surface area contributed by atoms with Crippen LogP contribution < -0.4 is 10.7 Å². The van der Waals surface area contributed by atoms with Gasteiger partial charge in [-0.3, -0.25) is 0 Å². The zero-order valence-electron chi connectivity index (χ0n) is 8.35. The summed E-state index contributed by atoms with van der Waals surface area (Å²) in [7, 11) is 0. The van der Waals surface area contributed by atoms with Crippen molar-refractivity contribution in [3.05, 3.63) is 36.0 Å². The molecule has 4 heteroatoms. The predicted molar refractivity (Wildman–Crippen MR) is 60.0 cm³/mol. The first-order chi connectivity index (χ1) is 7.34. The van der Waals surface area contributed by atoms with Gasteiger partial charge in [0.25, 0.3) is 0 Å². The lowest BCUT2D eigenvalue weighted by molar-refractivity contribution is -0.451. The van der Waals surface area contributed by atoms with Crippen LogP contribution in [-0.2, 0) is 0 Å². The topological polar surface area (TPSA) is 64.7 Å². The number of hydrogen-bond donors (Lipinski definition) is 2. The van der Waals surface area contributed by atoms with Gasteiger partial charge in [-0.05, 0) is 30.3 Å². The molecule has 1 aromatic rings. The van der Waals surface area contributed by atoms with Crippen molar-refractivity contribution in [3.63, 3.8) is 0 Å². The van der Waals surface area contributed by atoms with Crippen LogP contribution in [0.5, 0.6) is 0 Å². The van der Waals surface area contributed by atoms with Gasteiger partial charge in [0.1, 0.15) is 12.2 Å². The smallest absolute Gasteiger partial charge is 0.189 e. The highest BCUT2D eigenvalue weighted by Crippen LogP contribution is 2.15. The normalized spacial score (nSPS) is 15.6. The molecule has 15 heavy (non-hydrogen) atoms. The Labute approximate surface area is 88.2 Å². The maximum Gasteiger partial charge on any atom is 0.189 e. The molecule has 0 aromatic heterocycles. The molecule has 0 spiro atoms. The van der Waals surface area contributed by atoms with E-state index in [1.165, 1.54) is 0 Å². The molecule has 0 aliphatic carbocycles. The summed E-state index contributed by atoms with van der Waals surface area (Å²) in [6, 6.07) is 7.31. The van der Waals surface area contributed by atoms with Gasteiger partial charge < -0.3 is 5.73 Å². The molecule has 1 heterocycles. The van der Waals surface area contributed by atoms with Crippen LogP contribution in [0.25, 0.3) is 0 Å². The molecule has 1 aromatic carbocycles. The Morgan fingerprint density at radius 1 is 1.13 bits per heavy atom. The van der Waals surface area contributed by atoms with Crippen LogP contribution in [0.2, 0.25) is 0 Å². The van der Waals surface area contributed by atoms with Gasteiger partial charge in [-0.2, -0.15) is 5.11 Å². The third kappa shape index (κ3) is 2.74. The third-order valence-electron chi connectivity index (χ3n) is 2.07. The fourth-order valence-electron chi connectivity index (χ4n) is 1.27. The third-order valence-corrected chi connectivity index (χ3v) is 2.07. The van der Waals surface area contributed by atoms with Crippen LogP contribution in [0, 0.1) is 0 Å². The minimum Gasteiger partial charge on any atom is -0.399 e. The van der Waals surface area contributed by atoms with E-state index in [2.05, 4.69) is 21.3 Å². The monoisotopic (exact) mass is 201 g/mol. The standard InChI is InChI=1S/C11H12N4/c12-9-3-5-10(6-4-9)14-15-11-2-1-7-13-8-11/h2-6,8H,1,7,12H2/p+1. The number of anilines is 1.